The van der Waals surface area contributed by atoms with Crippen LogP contribution in [0.5, 0.6) is 5.75 Å². The highest BCUT2D eigenvalue weighted by Crippen LogP contribution is 2.27. The van der Waals surface area contributed by atoms with Gasteiger partial charge in [0.25, 0.3) is 0 Å². The fourth-order valence-corrected chi connectivity index (χ4v) is 2.91. The maximum Gasteiger partial charge on any atom is 0.247 e. The Morgan fingerprint density at radius 1 is 1.38 bits per heavy atom. The van der Waals surface area contributed by atoms with Gasteiger partial charge in [0.1, 0.15) is 23.7 Å². The zero-order valence-electron chi connectivity index (χ0n) is 13.4. The average Bonchev–Trinajstić information content (AvgIpc) is 3.12. The number of rotatable bonds is 4. The molecule has 1 aliphatic heterocycles. The van der Waals surface area contributed by atoms with Crippen molar-refractivity contribution < 1.29 is 9.53 Å². The summed E-state index contributed by atoms with van der Waals surface area (Å²) in [5.74, 6) is 1.22. The van der Waals surface area contributed by atoms with Crippen LogP contribution in [0.4, 0.5) is 11.5 Å². The summed E-state index contributed by atoms with van der Waals surface area (Å²) in [6.07, 6.45) is 3.28. The van der Waals surface area contributed by atoms with Gasteiger partial charge in [-0.15, -0.1) is 0 Å². The van der Waals surface area contributed by atoms with Crippen LogP contribution in [0.2, 0.25) is 0 Å². The normalized spacial score (nSPS) is 16.5. The number of carbonyl (C=O) groups is 1. The van der Waals surface area contributed by atoms with Crippen LogP contribution in [0.15, 0.2) is 42.6 Å². The highest BCUT2D eigenvalue weighted by molar-refractivity contribution is 5.97. The van der Waals surface area contributed by atoms with Gasteiger partial charge in [-0.3, -0.25) is 4.79 Å². The smallest absolute Gasteiger partial charge is 0.247 e. The quantitative estimate of drug-likeness (QED) is 0.936. The standard InChI is InChI=1S/C18H18N4O2/c1-24-15-8-6-14(7-9-15)21-18(23)16-5-3-11-22(16)17-13(12-19)4-2-10-20-17/h2,4,6-10,16H,3,5,11H2,1H3,(H,21,23). The van der Waals surface area contributed by atoms with E-state index in [1.54, 1.807) is 49.7 Å². The molecule has 2 heterocycles. The van der Waals surface area contributed by atoms with Crippen LogP contribution in [-0.2, 0) is 4.79 Å². The van der Waals surface area contributed by atoms with Gasteiger partial charge in [-0.05, 0) is 49.2 Å². The number of hydrogen-bond acceptors (Lipinski definition) is 5. The lowest BCUT2D eigenvalue weighted by Gasteiger charge is -2.25. The summed E-state index contributed by atoms with van der Waals surface area (Å²) in [7, 11) is 1.60. The number of aromatic nitrogens is 1. The van der Waals surface area contributed by atoms with Crippen molar-refractivity contribution in [2.75, 3.05) is 23.9 Å². The zero-order chi connectivity index (χ0) is 16.9. The number of nitrogens with one attached hydrogen (secondary N) is 1. The lowest BCUT2D eigenvalue weighted by Crippen LogP contribution is -2.40. The molecule has 0 saturated carbocycles. The topological polar surface area (TPSA) is 78.2 Å². The Morgan fingerprint density at radius 3 is 2.88 bits per heavy atom. The Balaban J connectivity index is 1.77. The third kappa shape index (κ3) is 3.15. The van der Waals surface area contributed by atoms with Crippen LogP contribution >= 0.6 is 0 Å². The molecule has 122 valence electrons. The number of amides is 1. The second-order valence-corrected chi connectivity index (χ2v) is 5.56. The molecule has 1 N–H and O–H groups in total. The second-order valence-electron chi connectivity index (χ2n) is 5.56. The van der Waals surface area contributed by atoms with Crippen molar-refractivity contribution >= 4 is 17.4 Å². The largest absolute Gasteiger partial charge is 0.497 e. The number of ether oxygens (including phenoxy) is 1. The molecule has 0 radical (unpaired) electrons. The van der Waals surface area contributed by atoms with Gasteiger partial charge >= 0.3 is 0 Å². The number of pyridine rings is 1. The monoisotopic (exact) mass is 322 g/mol. The number of nitrogens with zero attached hydrogens (tertiary/aromatic N) is 3. The molecule has 0 bridgehead atoms. The van der Waals surface area contributed by atoms with Crippen molar-refractivity contribution in [3.05, 3.63) is 48.2 Å². The molecule has 0 spiro atoms. The minimum absolute atomic E-state index is 0.0905. The number of benzene rings is 1. The molecule has 3 rings (SSSR count). The fraction of sp³-hybridized carbons (Fsp3) is 0.278. The second kappa shape index (κ2) is 7.01. The molecule has 6 nitrogen and oxygen atoms in total. The minimum atomic E-state index is -0.325. The summed E-state index contributed by atoms with van der Waals surface area (Å²) in [4.78, 5) is 18.9. The lowest BCUT2D eigenvalue weighted by atomic mass is 10.2. The zero-order valence-corrected chi connectivity index (χ0v) is 13.4. The maximum atomic E-state index is 12.7. The molecule has 1 aliphatic rings. The van der Waals surface area contributed by atoms with Gasteiger partial charge in [0.15, 0.2) is 0 Å². The summed E-state index contributed by atoms with van der Waals surface area (Å²) >= 11 is 0. The van der Waals surface area contributed by atoms with E-state index in [0.29, 0.717) is 23.6 Å². The molecule has 0 aliphatic carbocycles. The molecule has 1 amide bonds. The molecule has 6 heteroatoms. The predicted molar refractivity (Wildman–Crippen MR) is 90.9 cm³/mol. The molecule has 1 fully saturated rings. The summed E-state index contributed by atoms with van der Waals surface area (Å²) in [6.45, 7) is 0.715. The van der Waals surface area contributed by atoms with E-state index in [2.05, 4.69) is 16.4 Å². The Bertz CT molecular complexity index is 767. The average molecular weight is 322 g/mol. The number of anilines is 2. The molecule has 1 atom stereocenters. The first-order valence-corrected chi connectivity index (χ1v) is 7.79. The van der Waals surface area contributed by atoms with Crippen LogP contribution in [0, 0.1) is 11.3 Å². The van der Waals surface area contributed by atoms with E-state index in [4.69, 9.17) is 4.74 Å². The van der Waals surface area contributed by atoms with Gasteiger partial charge in [-0.1, -0.05) is 0 Å². The molecular weight excluding hydrogens is 304 g/mol. The first-order chi connectivity index (χ1) is 11.7. The Morgan fingerprint density at radius 2 is 2.17 bits per heavy atom. The van der Waals surface area contributed by atoms with E-state index in [-0.39, 0.29) is 11.9 Å². The lowest BCUT2D eigenvalue weighted by molar-refractivity contribution is -0.117. The predicted octanol–water partition coefficient (Wildman–Crippen LogP) is 2.57. The van der Waals surface area contributed by atoms with Crippen molar-refractivity contribution in [2.45, 2.75) is 18.9 Å². The first-order valence-electron chi connectivity index (χ1n) is 7.79. The highest BCUT2D eigenvalue weighted by Gasteiger charge is 2.32. The van der Waals surface area contributed by atoms with Crippen LogP contribution in [0.25, 0.3) is 0 Å². The van der Waals surface area contributed by atoms with Crippen molar-refractivity contribution in [2.24, 2.45) is 0 Å². The van der Waals surface area contributed by atoms with Crippen LogP contribution in [-0.4, -0.2) is 30.6 Å². The van der Waals surface area contributed by atoms with E-state index in [1.807, 2.05) is 4.90 Å². The van der Waals surface area contributed by atoms with Crippen LogP contribution in [0.3, 0.4) is 0 Å². The Hall–Kier alpha value is -3.07. The van der Waals surface area contributed by atoms with Gasteiger partial charge in [0.05, 0.1) is 12.7 Å². The minimum Gasteiger partial charge on any atom is -0.497 e. The Kier molecular flexibility index (Phi) is 4.62. The van der Waals surface area contributed by atoms with Crippen LogP contribution in [0.1, 0.15) is 18.4 Å². The Labute approximate surface area is 140 Å². The summed E-state index contributed by atoms with van der Waals surface area (Å²) in [5, 5.41) is 12.2. The van der Waals surface area contributed by atoms with Crippen LogP contribution < -0.4 is 15.0 Å². The third-order valence-electron chi connectivity index (χ3n) is 4.09. The number of methoxy groups -OCH3 is 1. The van der Waals surface area contributed by atoms with E-state index < -0.39 is 0 Å². The first kappa shape index (κ1) is 15.8. The molecule has 1 aromatic carbocycles. The molecule has 1 saturated heterocycles. The van der Waals surface area contributed by atoms with Gasteiger partial charge in [0, 0.05) is 18.4 Å². The SMILES string of the molecule is COc1ccc(NC(=O)C2CCCN2c2ncccc2C#N)cc1. The molecule has 1 aromatic heterocycles. The maximum absolute atomic E-state index is 12.7. The van der Waals surface area contributed by atoms with Crippen molar-refractivity contribution in [3.63, 3.8) is 0 Å². The molecule has 24 heavy (non-hydrogen) atoms. The molecule has 1 unspecified atom stereocenters. The molecule has 2 aromatic rings. The number of carbonyl (C=O) groups excluding carboxylic acids is 1. The molecular formula is C18H18N4O2. The summed E-state index contributed by atoms with van der Waals surface area (Å²) in [5.41, 5.74) is 1.20. The van der Waals surface area contributed by atoms with Crippen molar-refractivity contribution in [3.8, 4) is 11.8 Å². The van der Waals surface area contributed by atoms with E-state index in [9.17, 15) is 10.1 Å². The number of nitriles is 1. The van der Waals surface area contributed by atoms with Crippen molar-refractivity contribution in [1.29, 1.82) is 5.26 Å². The van der Waals surface area contributed by atoms with E-state index in [1.165, 1.54) is 0 Å². The van der Waals surface area contributed by atoms with E-state index >= 15 is 0 Å². The van der Waals surface area contributed by atoms with E-state index in [0.717, 1.165) is 18.6 Å². The fourth-order valence-electron chi connectivity index (χ4n) is 2.91. The number of hydrogen-bond donors (Lipinski definition) is 1. The van der Waals surface area contributed by atoms with Gasteiger partial charge in [-0.25, -0.2) is 4.98 Å². The third-order valence-corrected chi connectivity index (χ3v) is 4.09. The highest BCUT2D eigenvalue weighted by atomic mass is 16.5. The van der Waals surface area contributed by atoms with Gasteiger partial charge in [-0.2, -0.15) is 5.26 Å². The summed E-state index contributed by atoms with van der Waals surface area (Å²) < 4.78 is 5.11. The van der Waals surface area contributed by atoms with Gasteiger partial charge < -0.3 is 15.0 Å². The van der Waals surface area contributed by atoms with Gasteiger partial charge in [0.2, 0.25) is 5.91 Å². The van der Waals surface area contributed by atoms with Crippen molar-refractivity contribution in [1.82, 2.24) is 4.98 Å². The summed E-state index contributed by atoms with van der Waals surface area (Å²) in [6, 6.07) is 12.5.